The molecular weight excluding hydrogens is 552 g/mol. The molecule has 9 nitrogen and oxygen atoms in total. The van der Waals surface area contributed by atoms with Crippen LogP contribution in [0.4, 0.5) is 15.8 Å². The number of furan rings is 1. The van der Waals surface area contributed by atoms with Gasteiger partial charge in [0.1, 0.15) is 22.9 Å². The summed E-state index contributed by atoms with van der Waals surface area (Å²) >= 11 is 11.8. The number of Topliss-reactive ketones (excluding diaryl/α,β-unsaturated/α-hetero) is 1. The van der Waals surface area contributed by atoms with Gasteiger partial charge in [0.15, 0.2) is 0 Å². The Morgan fingerprint density at radius 2 is 1.74 bits per heavy atom. The molecule has 3 aromatic rings. The van der Waals surface area contributed by atoms with Gasteiger partial charge in [0.05, 0.1) is 29.4 Å². The summed E-state index contributed by atoms with van der Waals surface area (Å²) in [7, 11) is 1.16. The van der Waals surface area contributed by atoms with Crippen LogP contribution in [0.25, 0.3) is 6.08 Å². The molecule has 0 spiro atoms. The Morgan fingerprint density at radius 3 is 2.41 bits per heavy atom. The molecule has 1 aromatic heterocycles. The van der Waals surface area contributed by atoms with Crippen molar-refractivity contribution >= 4 is 64.2 Å². The molecule has 0 bridgehead atoms. The molecule has 0 fully saturated rings. The average Bonchev–Trinajstić information content (AvgIpc) is 3.46. The molecule has 2 aromatic carbocycles. The standard InChI is InChI=1S/C27H20Cl2FN3O6/c1-14-23(27(37)38-2)24(34)22(33(14)17-6-3-15(30)4-7-17)12-18-8-9-19(39-18)13-31-25(35)26(36)32-16-5-10-20(28)21(29)11-16/h3-12H,13H2,1-2H3,(H,31,35)(H,32,36)/b22-12+. The highest BCUT2D eigenvalue weighted by molar-refractivity contribution is 6.43. The van der Waals surface area contributed by atoms with Crippen LogP contribution in [-0.2, 0) is 30.5 Å². The van der Waals surface area contributed by atoms with Gasteiger partial charge in [0.25, 0.3) is 0 Å². The lowest BCUT2D eigenvalue weighted by Gasteiger charge is -2.21. The normalized spacial score (nSPS) is 14.1. The molecule has 200 valence electrons. The predicted molar refractivity (Wildman–Crippen MR) is 142 cm³/mol. The van der Waals surface area contributed by atoms with Crippen molar-refractivity contribution in [3.63, 3.8) is 0 Å². The van der Waals surface area contributed by atoms with E-state index in [9.17, 15) is 23.6 Å². The minimum absolute atomic E-state index is 0.0745. The van der Waals surface area contributed by atoms with Crippen LogP contribution >= 0.6 is 23.2 Å². The molecule has 2 amide bonds. The second kappa shape index (κ2) is 11.5. The fraction of sp³-hybridized carbons (Fsp3) is 0.111. The van der Waals surface area contributed by atoms with Gasteiger partial charge in [-0.25, -0.2) is 9.18 Å². The number of esters is 1. The first-order valence-electron chi connectivity index (χ1n) is 11.3. The van der Waals surface area contributed by atoms with Gasteiger partial charge in [-0.2, -0.15) is 0 Å². The third kappa shape index (κ3) is 6.02. The molecule has 1 aliphatic rings. The molecule has 39 heavy (non-hydrogen) atoms. The van der Waals surface area contributed by atoms with E-state index in [1.165, 1.54) is 53.4 Å². The highest BCUT2D eigenvalue weighted by atomic mass is 35.5. The maximum atomic E-state index is 13.5. The number of rotatable bonds is 6. The summed E-state index contributed by atoms with van der Waals surface area (Å²) in [6.45, 7) is 1.44. The van der Waals surface area contributed by atoms with Crippen molar-refractivity contribution in [2.75, 3.05) is 17.3 Å². The summed E-state index contributed by atoms with van der Waals surface area (Å²) in [5.74, 6) is -3.21. The highest BCUT2D eigenvalue weighted by Gasteiger charge is 2.38. The van der Waals surface area contributed by atoms with Crippen LogP contribution in [0.2, 0.25) is 10.0 Å². The fourth-order valence-corrected chi connectivity index (χ4v) is 4.09. The molecule has 12 heteroatoms. The lowest BCUT2D eigenvalue weighted by Crippen LogP contribution is -2.34. The minimum atomic E-state index is -0.925. The summed E-state index contributed by atoms with van der Waals surface area (Å²) < 4.78 is 24.0. The number of amides is 2. The zero-order chi connectivity index (χ0) is 28.3. The topological polar surface area (TPSA) is 118 Å². The van der Waals surface area contributed by atoms with E-state index in [4.69, 9.17) is 32.4 Å². The zero-order valence-electron chi connectivity index (χ0n) is 20.5. The van der Waals surface area contributed by atoms with Crippen LogP contribution in [0.3, 0.4) is 0 Å². The molecule has 1 aliphatic heterocycles. The Labute approximate surface area is 231 Å². The number of benzene rings is 2. The molecule has 2 N–H and O–H groups in total. The summed E-state index contributed by atoms with van der Waals surface area (Å²) in [4.78, 5) is 51.4. The molecule has 0 radical (unpaired) electrons. The smallest absolute Gasteiger partial charge is 0.343 e. The maximum absolute atomic E-state index is 13.5. The number of anilines is 2. The summed E-state index contributed by atoms with van der Waals surface area (Å²) in [5.41, 5.74) is 0.945. The van der Waals surface area contributed by atoms with Crippen LogP contribution in [-0.4, -0.2) is 30.7 Å². The van der Waals surface area contributed by atoms with Gasteiger partial charge < -0.3 is 24.7 Å². The van der Waals surface area contributed by atoms with Gasteiger partial charge in [-0.3, -0.25) is 14.4 Å². The van der Waals surface area contributed by atoms with Crippen LogP contribution in [0.1, 0.15) is 18.4 Å². The van der Waals surface area contributed by atoms with E-state index in [2.05, 4.69) is 10.6 Å². The number of nitrogens with one attached hydrogen (secondary N) is 2. The van der Waals surface area contributed by atoms with E-state index >= 15 is 0 Å². The maximum Gasteiger partial charge on any atom is 0.343 e. The predicted octanol–water partition coefficient (Wildman–Crippen LogP) is 4.86. The fourth-order valence-electron chi connectivity index (χ4n) is 3.79. The Kier molecular flexibility index (Phi) is 8.18. The molecule has 0 aliphatic carbocycles. The van der Waals surface area contributed by atoms with Crippen molar-refractivity contribution in [3.05, 3.63) is 98.9 Å². The van der Waals surface area contributed by atoms with Crippen LogP contribution in [0.15, 0.2) is 76.0 Å². The first kappa shape index (κ1) is 27.6. The van der Waals surface area contributed by atoms with Crippen LogP contribution in [0.5, 0.6) is 0 Å². The monoisotopic (exact) mass is 571 g/mol. The Morgan fingerprint density at radius 1 is 1.03 bits per heavy atom. The number of nitrogens with zero attached hydrogens (tertiary/aromatic N) is 1. The number of hydrogen-bond acceptors (Lipinski definition) is 7. The lowest BCUT2D eigenvalue weighted by atomic mass is 10.1. The van der Waals surface area contributed by atoms with Gasteiger partial charge in [-0.15, -0.1) is 0 Å². The van der Waals surface area contributed by atoms with Crippen LogP contribution < -0.4 is 15.5 Å². The molecule has 0 saturated carbocycles. The molecule has 0 atom stereocenters. The van der Waals surface area contributed by atoms with E-state index in [1.54, 1.807) is 19.1 Å². The third-order valence-electron chi connectivity index (χ3n) is 5.64. The second-order valence-electron chi connectivity index (χ2n) is 8.19. The summed E-state index contributed by atoms with van der Waals surface area (Å²) in [6, 6.07) is 12.9. The number of methoxy groups -OCH3 is 1. The SMILES string of the molecule is COC(=O)C1=C(C)N(c2ccc(F)cc2)/C(=C/c2ccc(CNC(=O)C(=O)Nc3ccc(Cl)c(Cl)c3)o2)C1=O. The summed E-state index contributed by atoms with van der Waals surface area (Å²) in [5, 5.41) is 5.36. The molecule has 4 rings (SSSR count). The first-order valence-corrected chi connectivity index (χ1v) is 12.1. The number of carbonyl (C=O) groups excluding carboxylic acids is 4. The molecule has 0 saturated heterocycles. The molecule has 2 heterocycles. The third-order valence-corrected chi connectivity index (χ3v) is 6.38. The van der Waals surface area contributed by atoms with Crippen molar-refractivity contribution in [2.45, 2.75) is 13.5 Å². The van der Waals surface area contributed by atoms with Gasteiger partial charge >= 0.3 is 17.8 Å². The van der Waals surface area contributed by atoms with E-state index in [-0.39, 0.29) is 34.4 Å². The first-order chi connectivity index (χ1) is 18.6. The number of allylic oxidation sites excluding steroid dienone is 2. The lowest BCUT2D eigenvalue weighted by molar-refractivity contribution is -0.137. The second-order valence-corrected chi connectivity index (χ2v) is 9.01. The largest absolute Gasteiger partial charge is 0.465 e. The van der Waals surface area contributed by atoms with Crippen molar-refractivity contribution in [3.8, 4) is 0 Å². The molecule has 0 unspecified atom stereocenters. The summed E-state index contributed by atoms with van der Waals surface area (Å²) in [6.07, 6.45) is 1.41. The number of ketones is 1. The van der Waals surface area contributed by atoms with E-state index in [0.717, 1.165) is 7.11 Å². The van der Waals surface area contributed by atoms with E-state index < -0.39 is 29.4 Å². The van der Waals surface area contributed by atoms with Crippen molar-refractivity contribution in [1.29, 1.82) is 0 Å². The number of hydrogen-bond donors (Lipinski definition) is 2. The van der Waals surface area contributed by atoms with Gasteiger partial charge in [0, 0.05) is 23.1 Å². The number of ether oxygens (including phenoxy) is 1. The van der Waals surface area contributed by atoms with Gasteiger partial charge in [-0.05, 0) is 61.5 Å². The zero-order valence-corrected chi connectivity index (χ0v) is 22.0. The molecular formula is C27H20Cl2FN3O6. The Bertz CT molecular complexity index is 1550. The van der Waals surface area contributed by atoms with Crippen LogP contribution in [0, 0.1) is 5.82 Å². The number of halogens is 3. The quantitative estimate of drug-likeness (QED) is 0.188. The van der Waals surface area contributed by atoms with E-state index in [1.807, 2.05) is 0 Å². The van der Waals surface area contributed by atoms with E-state index in [0.29, 0.717) is 22.1 Å². The Balaban J connectivity index is 1.49. The Hall–Kier alpha value is -4.41. The van der Waals surface area contributed by atoms with Gasteiger partial charge in [0.2, 0.25) is 5.78 Å². The van der Waals surface area contributed by atoms with Crippen molar-refractivity contribution < 1.29 is 32.7 Å². The van der Waals surface area contributed by atoms with Crippen molar-refractivity contribution in [2.24, 2.45) is 0 Å². The van der Waals surface area contributed by atoms with Gasteiger partial charge in [-0.1, -0.05) is 23.2 Å². The minimum Gasteiger partial charge on any atom is -0.465 e. The number of carbonyl (C=O) groups is 4. The van der Waals surface area contributed by atoms with Crippen molar-refractivity contribution in [1.82, 2.24) is 5.32 Å². The highest BCUT2D eigenvalue weighted by Crippen LogP contribution is 2.36. The average molecular weight is 572 g/mol.